The van der Waals surface area contributed by atoms with Gasteiger partial charge in [-0.05, 0) is 39.9 Å². The lowest BCUT2D eigenvalue weighted by Crippen LogP contribution is -2.37. The van der Waals surface area contributed by atoms with Gasteiger partial charge in [0.1, 0.15) is 5.82 Å². The highest BCUT2D eigenvalue weighted by Crippen LogP contribution is 2.26. The van der Waals surface area contributed by atoms with Gasteiger partial charge in [0.15, 0.2) is 0 Å². The fraction of sp³-hybridized carbons (Fsp3) is 0.643. The first-order chi connectivity index (χ1) is 8.70. The van der Waals surface area contributed by atoms with Crippen molar-refractivity contribution in [3.63, 3.8) is 0 Å². The summed E-state index contributed by atoms with van der Waals surface area (Å²) in [5.41, 5.74) is 1.30. The highest BCUT2D eigenvalue weighted by molar-refractivity contribution is 5.55. The predicted octanol–water partition coefficient (Wildman–Crippen LogP) is 2.04. The van der Waals surface area contributed by atoms with Crippen molar-refractivity contribution in [1.29, 1.82) is 0 Å². The number of nitrogens with one attached hydrogen (secondary N) is 1. The third-order valence-electron chi connectivity index (χ3n) is 3.39. The smallest absolute Gasteiger partial charge is 0.127 e. The van der Waals surface area contributed by atoms with E-state index >= 15 is 0 Å². The third-order valence-corrected chi connectivity index (χ3v) is 3.39. The summed E-state index contributed by atoms with van der Waals surface area (Å²) in [6.45, 7) is 5.30. The maximum absolute atomic E-state index is 4.34. The van der Waals surface area contributed by atoms with Gasteiger partial charge in [-0.2, -0.15) is 0 Å². The largest absolute Gasteiger partial charge is 0.370 e. The van der Waals surface area contributed by atoms with Crippen molar-refractivity contribution in [2.24, 2.45) is 0 Å². The van der Waals surface area contributed by atoms with Gasteiger partial charge in [0.2, 0.25) is 0 Å². The lowest BCUT2D eigenvalue weighted by atomic mass is 10.2. The zero-order chi connectivity index (χ0) is 13.0. The number of likely N-dealkylation sites (N-methyl/N-ethyl adjacent to an activating group) is 1. The molecule has 1 N–H and O–H groups in total. The molecule has 1 aromatic heterocycles. The molecule has 1 atom stereocenters. The van der Waals surface area contributed by atoms with Crippen LogP contribution in [0.1, 0.15) is 19.8 Å². The summed E-state index contributed by atoms with van der Waals surface area (Å²) in [4.78, 5) is 9.13. The summed E-state index contributed by atoms with van der Waals surface area (Å²) >= 11 is 0. The lowest BCUT2D eigenvalue weighted by Gasteiger charge is -2.29. The molecule has 1 aromatic rings. The number of nitrogens with zero attached hydrogens (tertiary/aromatic N) is 3. The molecule has 2 rings (SSSR count). The minimum Gasteiger partial charge on any atom is -0.370 e. The Balaban J connectivity index is 2.11. The van der Waals surface area contributed by atoms with Crippen LogP contribution in [0, 0.1) is 0 Å². The average Bonchev–Trinajstić information content (AvgIpc) is 2.77. The van der Waals surface area contributed by atoms with Gasteiger partial charge in [-0.15, -0.1) is 0 Å². The van der Waals surface area contributed by atoms with Gasteiger partial charge in [0, 0.05) is 43.6 Å². The van der Waals surface area contributed by atoms with Crippen molar-refractivity contribution in [2.75, 3.05) is 43.9 Å². The van der Waals surface area contributed by atoms with Crippen LogP contribution in [0.5, 0.6) is 0 Å². The van der Waals surface area contributed by atoms with Gasteiger partial charge in [-0.1, -0.05) is 0 Å². The molecular weight excluding hydrogens is 224 g/mol. The van der Waals surface area contributed by atoms with Gasteiger partial charge in [-0.25, -0.2) is 4.98 Å². The number of hydrogen-bond donors (Lipinski definition) is 1. The topological polar surface area (TPSA) is 31.4 Å². The van der Waals surface area contributed by atoms with Gasteiger partial charge < -0.3 is 15.1 Å². The Kier molecular flexibility index (Phi) is 4.42. The Morgan fingerprint density at radius 3 is 3.06 bits per heavy atom. The van der Waals surface area contributed by atoms with Crippen LogP contribution >= 0.6 is 0 Å². The van der Waals surface area contributed by atoms with E-state index in [0.29, 0.717) is 6.04 Å². The Bertz CT molecular complexity index is 378. The van der Waals surface area contributed by atoms with Crippen LogP contribution < -0.4 is 10.2 Å². The summed E-state index contributed by atoms with van der Waals surface area (Å²) in [6, 6.07) is 4.92. The highest BCUT2D eigenvalue weighted by Gasteiger charge is 2.25. The van der Waals surface area contributed by atoms with E-state index in [1.165, 1.54) is 18.5 Å². The maximum atomic E-state index is 4.34. The molecule has 0 aromatic carbocycles. The van der Waals surface area contributed by atoms with Crippen LogP contribution in [-0.2, 0) is 0 Å². The summed E-state index contributed by atoms with van der Waals surface area (Å²) in [7, 11) is 4.29. The lowest BCUT2D eigenvalue weighted by molar-refractivity contribution is 0.372. The van der Waals surface area contributed by atoms with Crippen LogP contribution in [-0.4, -0.2) is 49.7 Å². The van der Waals surface area contributed by atoms with Crippen molar-refractivity contribution in [1.82, 2.24) is 9.88 Å². The molecule has 0 radical (unpaired) electrons. The number of hydrogen-bond acceptors (Lipinski definition) is 4. The average molecular weight is 248 g/mol. The molecule has 1 aliphatic rings. The van der Waals surface area contributed by atoms with E-state index in [1.807, 2.05) is 6.20 Å². The van der Waals surface area contributed by atoms with Gasteiger partial charge >= 0.3 is 0 Å². The second kappa shape index (κ2) is 6.05. The molecule has 1 unspecified atom stereocenters. The molecular formula is C14H24N4. The van der Waals surface area contributed by atoms with E-state index in [1.54, 1.807) is 0 Å². The minimum absolute atomic E-state index is 0.636. The third kappa shape index (κ3) is 3.13. The number of pyridine rings is 1. The van der Waals surface area contributed by atoms with Crippen LogP contribution in [0.25, 0.3) is 0 Å². The molecule has 4 nitrogen and oxygen atoms in total. The minimum atomic E-state index is 0.636. The fourth-order valence-corrected chi connectivity index (χ4v) is 2.66. The summed E-state index contributed by atoms with van der Waals surface area (Å²) < 4.78 is 0. The SMILES string of the molecule is CCNc1cc(N2CCCC2CN(C)C)ccn1. The molecule has 0 amide bonds. The quantitative estimate of drug-likeness (QED) is 0.864. The van der Waals surface area contributed by atoms with E-state index in [0.717, 1.165) is 25.5 Å². The number of anilines is 2. The second-order valence-corrected chi connectivity index (χ2v) is 5.18. The Morgan fingerprint density at radius 1 is 1.50 bits per heavy atom. The van der Waals surface area contributed by atoms with Gasteiger partial charge in [0.05, 0.1) is 0 Å². The molecule has 2 heterocycles. The zero-order valence-electron chi connectivity index (χ0n) is 11.7. The van der Waals surface area contributed by atoms with Crippen LogP contribution in [0.4, 0.5) is 11.5 Å². The molecule has 0 aliphatic carbocycles. The molecule has 100 valence electrons. The molecule has 1 fully saturated rings. The molecule has 4 heteroatoms. The van der Waals surface area contributed by atoms with E-state index in [2.05, 4.69) is 53.3 Å². The number of rotatable bonds is 5. The number of aromatic nitrogens is 1. The Hall–Kier alpha value is -1.29. The van der Waals surface area contributed by atoms with E-state index < -0.39 is 0 Å². The van der Waals surface area contributed by atoms with E-state index in [4.69, 9.17) is 0 Å². The van der Waals surface area contributed by atoms with Crippen molar-refractivity contribution >= 4 is 11.5 Å². The molecule has 0 spiro atoms. The second-order valence-electron chi connectivity index (χ2n) is 5.18. The molecule has 1 saturated heterocycles. The zero-order valence-corrected chi connectivity index (χ0v) is 11.7. The van der Waals surface area contributed by atoms with Crippen molar-refractivity contribution in [3.8, 4) is 0 Å². The summed E-state index contributed by atoms with van der Waals surface area (Å²) in [5.74, 6) is 0.977. The summed E-state index contributed by atoms with van der Waals surface area (Å²) in [6.07, 6.45) is 4.48. The monoisotopic (exact) mass is 248 g/mol. The predicted molar refractivity (Wildman–Crippen MR) is 77.3 cm³/mol. The van der Waals surface area contributed by atoms with Crippen molar-refractivity contribution in [3.05, 3.63) is 18.3 Å². The first kappa shape index (κ1) is 13.1. The highest BCUT2D eigenvalue weighted by atomic mass is 15.2. The molecule has 1 aliphatic heterocycles. The standard InChI is InChI=1S/C14H24N4/c1-4-15-14-10-12(7-8-16-14)18-9-5-6-13(18)11-17(2)3/h7-8,10,13H,4-6,9,11H2,1-3H3,(H,15,16). The van der Waals surface area contributed by atoms with Crippen LogP contribution in [0.2, 0.25) is 0 Å². The Morgan fingerprint density at radius 2 is 2.33 bits per heavy atom. The van der Waals surface area contributed by atoms with Crippen LogP contribution in [0.15, 0.2) is 18.3 Å². The molecule has 18 heavy (non-hydrogen) atoms. The first-order valence-electron chi connectivity index (χ1n) is 6.82. The van der Waals surface area contributed by atoms with Crippen LogP contribution in [0.3, 0.4) is 0 Å². The summed E-state index contributed by atoms with van der Waals surface area (Å²) in [5, 5.41) is 3.28. The van der Waals surface area contributed by atoms with E-state index in [-0.39, 0.29) is 0 Å². The maximum Gasteiger partial charge on any atom is 0.127 e. The van der Waals surface area contributed by atoms with Crippen molar-refractivity contribution in [2.45, 2.75) is 25.8 Å². The Labute approximate surface area is 110 Å². The molecule has 0 saturated carbocycles. The van der Waals surface area contributed by atoms with Crippen molar-refractivity contribution < 1.29 is 0 Å². The fourth-order valence-electron chi connectivity index (χ4n) is 2.66. The van der Waals surface area contributed by atoms with E-state index in [9.17, 15) is 0 Å². The molecule has 0 bridgehead atoms. The normalized spacial score (nSPS) is 19.6. The first-order valence-corrected chi connectivity index (χ1v) is 6.82. The van der Waals surface area contributed by atoms with Gasteiger partial charge in [0.25, 0.3) is 0 Å². The van der Waals surface area contributed by atoms with Gasteiger partial charge in [-0.3, -0.25) is 0 Å².